The van der Waals surface area contributed by atoms with Crippen molar-refractivity contribution in [1.82, 2.24) is 15.0 Å². The first kappa shape index (κ1) is 19.8. The molecular formula is C18H14ClF3N4O2. The lowest BCUT2D eigenvalue weighted by Crippen LogP contribution is -2.35. The van der Waals surface area contributed by atoms with Crippen molar-refractivity contribution >= 4 is 34.1 Å². The van der Waals surface area contributed by atoms with Crippen molar-refractivity contribution in [2.45, 2.75) is 25.6 Å². The SMILES string of the molecule is CCC(C(=O)Nc1cc(C(F)(F)F)ccc1Cl)n1nnc2ccccc2c1=O. The summed E-state index contributed by atoms with van der Waals surface area (Å²) in [6.07, 6.45) is -4.43. The van der Waals surface area contributed by atoms with Crippen molar-refractivity contribution in [2.75, 3.05) is 5.32 Å². The number of halogens is 4. The zero-order chi connectivity index (χ0) is 20.5. The van der Waals surface area contributed by atoms with Crippen LogP contribution in [-0.2, 0) is 11.0 Å². The summed E-state index contributed by atoms with van der Waals surface area (Å²) >= 11 is 5.92. The first-order valence-corrected chi connectivity index (χ1v) is 8.62. The molecule has 0 fully saturated rings. The number of anilines is 1. The van der Waals surface area contributed by atoms with Gasteiger partial charge in [0.1, 0.15) is 11.6 Å². The molecular weight excluding hydrogens is 397 g/mol. The molecule has 1 atom stereocenters. The van der Waals surface area contributed by atoms with Crippen molar-refractivity contribution < 1.29 is 18.0 Å². The minimum absolute atomic E-state index is 0.0619. The van der Waals surface area contributed by atoms with E-state index in [1.54, 1.807) is 31.2 Å². The van der Waals surface area contributed by atoms with E-state index in [4.69, 9.17) is 11.6 Å². The molecule has 1 aromatic heterocycles. The lowest BCUT2D eigenvalue weighted by atomic mass is 10.1. The molecule has 1 amide bonds. The van der Waals surface area contributed by atoms with E-state index in [2.05, 4.69) is 15.6 Å². The molecule has 6 nitrogen and oxygen atoms in total. The van der Waals surface area contributed by atoms with E-state index in [0.29, 0.717) is 5.52 Å². The van der Waals surface area contributed by atoms with Gasteiger partial charge in [0.05, 0.1) is 21.7 Å². The summed E-state index contributed by atoms with van der Waals surface area (Å²) in [4.78, 5) is 25.3. The van der Waals surface area contributed by atoms with Crippen LogP contribution in [0, 0.1) is 0 Å². The van der Waals surface area contributed by atoms with Crippen molar-refractivity contribution in [1.29, 1.82) is 0 Å². The molecule has 0 saturated heterocycles. The maximum absolute atomic E-state index is 12.9. The molecule has 2 aromatic carbocycles. The molecule has 0 aliphatic rings. The molecule has 0 aliphatic heterocycles. The third-order valence-corrected chi connectivity index (χ3v) is 4.46. The van der Waals surface area contributed by atoms with Gasteiger partial charge in [0, 0.05) is 0 Å². The Morgan fingerprint density at radius 1 is 1.25 bits per heavy atom. The number of carbonyl (C=O) groups excluding carboxylic acids is 1. The lowest BCUT2D eigenvalue weighted by molar-refractivity contribution is -0.137. The topological polar surface area (TPSA) is 76.9 Å². The van der Waals surface area contributed by atoms with Crippen molar-refractivity contribution in [3.05, 3.63) is 63.4 Å². The third kappa shape index (κ3) is 3.84. The zero-order valence-electron chi connectivity index (χ0n) is 14.5. The number of fused-ring (bicyclic) bond motifs is 1. The number of aromatic nitrogens is 3. The summed E-state index contributed by atoms with van der Waals surface area (Å²) in [5, 5.41) is 10.3. The Morgan fingerprint density at radius 2 is 1.96 bits per heavy atom. The summed E-state index contributed by atoms with van der Waals surface area (Å²) in [5.74, 6) is -0.726. The van der Waals surface area contributed by atoms with Gasteiger partial charge in [-0.15, -0.1) is 5.10 Å². The van der Waals surface area contributed by atoms with E-state index in [-0.39, 0.29) is 22.5 Å². The van der Waals surface area contributed by atoms with Crippen molar-refractivity contribution in [2.24, 2.45) is 0 Å². The molecule has 28 heavy (non-hydrogen) atoms. The predicted octanol–water partition coefficient (Wildman–Crippen LogP) is 4.05. The molecule has 1 unspecified atom stereocenters. The summed E-state index contributed by atoms with van der Waals surface area (Å²) in [6.45, 7) is 1.64. The summed E-state index contributed by atoms with van der Waals surface area (Å²) in [5.41, 5.74) is -1.31. The smallest absolute Gasteiger partial charge is 0.323 e. The van der Waals surface area contributed by atoms with Gasteiger partial charge in [-0.3, -0.25) is 9.59 Å². The van der Waals surface area contributed by atoms with Gasteiger partial charge < -0.3 is 5.32 Å². The van der Waals surface area contributed by atoms with Crippen LogP contribution >= 0.6 is 11.6 Å². The second-order valence-corrected chi connectivity index (χ2v) is 6.37. The Labute approximate surface area is 161 Å². The summed E-state index contributed by atoms with van der Waals surface area (Å²) in [7, 11) is 0. The molecule has 0 bridgehead atoms. The molecule has 0 spiro atoms. The van der Waals surface area contributed by atoms with Crippen LogP contribution in [0.3, 0.4) is 0 Å². The Balaban J connectivity index is 1.96. The number of alkyl halides is 3. The van der Waals surface area contributed by atoms with Crippen LogP contribution in [0.15, 0.2) is 47.3 Å². The van der Waals surface area contributed by atoms with Gasteiger partial charge >= 0.3 is 6.18 Å². The van der Waals surface area contributed by atoms with E-state index < -0.39 is 29.2 Å². The standard InChI is InChI=1S/C18H14ClF3N4O2/c1-2-15(26-17(28)11-5-3-4-6-13(11)24-25-26)16(27)23-14-9-10(18(20,21)22)7-8-12(14)19/h3-9,15H,2H2,1H3,(H,23,27). The van der Waals surface area contributed by atoms with Crippen LogP contribution in [0.1, 0.15) is 24.9 Å². The highest BCUT2D eigenvalue weighted by molar-refractivity contribution is 6.33. The maximum atomic E-state index is 12.9. The Bertz CT molecular complexity index is 1100. The number of nitrogens with one attached hydrogen (secondary N) is 1. The zero-order valence-corrected chi connectivity index (χ0v) is 15.3. The molecule has 1 N–H and O–H groups in total. The Morgan fingerprint density at radius 3 is 2.64 bits per heavy atom. The number of carbonyl (C=O) groups is 1. The number of amides is 1. The molecule has 0 aliphatic carbocycles. The van der Waals surface area contributed by atoms with Crippen molar-refractivity contribution in [3.63, 3.8) is 0 Å². The molecule has 3 rings (SSSR count). The minimum Gasteiger partial charge on any atom is -0.323 e. The average molecular weight is 411 g/mol. The fourth-order valence-electron chi connectivity index (χ4n) is 2.69. The van der Waals surface area contributed by atoms with Crippen LogP contribution in [0.25, 0.3) is 10.9 Å². The highest BCUT2D eigenvalue weighted by Crippen LogP contribution is 2.34. The first-order chi connectivity index (χ1) is 13.2. The molecule has 0 saturated carbocycles. The maximum Gasteiger partial charge on any atom is 0.416 e. The number of rotatable bonds is 4. The average Bonchev–Trinajstić information content (AvgIpc) is 2.65. The highest BCUT2D eigenvalue weighted by atomic mass is 35.5. The van der Waals surface area contributed by atoms with Gasteiger partial charge in [0.25, 0.3) is 5.56 Å². The van der Waals surface area contributed by atoms with Gasteiger partial charge in [-0.2, -0.15) is 17.9 Å². The number of benzene rings is 2. The lowest BCUT2D eigenvalue weighted by Gasteiger charge is -2.17. The monoisotopic (exact) mass is 410 g/mol. The third-order valence-electron chi connectivity index (χ3n) is 4.13. The molecule has 146 valence electrons. The summed E-state index contributed by atoms with van der Waals surface area (Å²) in [6, 6.07) is 8.03. The molecule has 1 heterocycles. The highest BCUT2D eigenvalue weighted by Gasteiger charge is 2.31. The van der Waals surface area contributed by atoms with Crippen LogP contribution in [0.2, 0.25) is 5.02 Å². The van der Waals surface area contributed by atoms with Crippen LogP contribution in [-0.4, -0.2) is 20.9 Å². The second-order valence-electron chi connectivity index (χ2n) is 5.96. The summed E-state index contributed by atoms with van der Waals surface area (Å²) < 4.78 is 39.6. The van der Waals surface area contributed by atoms with E-state index in [9.17, 15) is 22.8 Å². The van der Waals surface area contributed by atoms with Gasteiger partial charge in [-0.1, -0.05) is 35.9 Å². The van der Waals surface area contributed by atoms with Crippen LogP contribution in [0.4, 0.5) is 18.9 Å². The first-order valence-electron chi connectivity index (χ1n) is 8.24. The van der Waals surface area contributed by atoms with Gasteiger partial charge in [-0.05, 0) is 36.8 Å². The van der Waals surface area contributed by atoms with Gasteiger partial charge in [-0.25, -0.2) is 0 Å². The van der Waals surface area contributed by atoms with Crippen LogP contribution < -0.4 is 10.9 Å². The quantitative estimate of drug-likeness (QED) is 0.703. The Kier molecular flexibility index (Phi) is 5.37. The number of hydrogen-bond acceptors (Lipinski definition) is 4. The Hall–Kier alpha value is -2.94. The van der Waals surface area contributed by atoms with Crippen molar-refractivity contribution in [3.8, 4) is 0 Å². The van der Waals surface area contributed by atoms with E-state index >= 15 is 0 Å². The molecule has 10 heteroatoms. The van der Waals surface area contributed by atoms with Crippen LogP contribution in [0.5, 0.6) is 0 Å². The van der Waals surface area contributed by atoms with Gasteiger partial charge in [0.15, 0.2) is 0 Å². The largest absolute Gasteiger partial charge is 0.416 e. The molecule has 0 radical (unpaired) electrons. The minimum atomic E-state index is -4.59. The molecule has 3 aromatic rings. The van der Waals surface area contributed by atoms with E-state index in [0.717, 1.165) is 22.9 Å². The second kappa shape index (κ2) is 7.59. The van der Waals surface area contributed by atoms with Gasteiger partial charge in [0.2, 0.25) is 5.91 Å². The van der Waals surface area contributed by atoms with E-state index in [1.807, 2.05) is 0 Å². The fraction of sp³-hybridized carbons (Fsp3) is 0.222. The number of hydrogen-bond donors (Lipinski definition) is 1. The normalized spacial score (nSPS) is 12.8. The van der Waals surface area contributed by atoms with E-state index in [1.165, 1.54) is 0 Å². The predicted molar refractivity (Wildman–Crippen MR) is 98.2 cm³/mol. The number of nitrogens with zero attached hydrogens (tertiary/aromatic N) is 3. The fourth-order valence-corrected chi connectivity index (χ4v) is 2.85.